The Kier molecular flexibility index (Phi) is 7.38. The molecule has 0 fully saturated rings. The van der Waals surface area contributed by atoms with E-state index in [9.17, 15) is 14.4 Å². The van der Waals surface area contributed by atoms with Crippen molar-refractivity contribution >= 4 is 23.4 Å². The fourth-order valence-electron chi connectivity index (χ4n) is 2.38. The average Bonchev–Trinajstić information content (AvgIpc) is 2.71. The molecule has 2 aromatic rings. The summed E-state index contributed by atoms with van der Waals surface area (Å²) in [7, 11) is 3.10. The monoisotopic (exact) mass is 385 g/mol. The fraction of sp³-hybridized carbons (Fsp3) is 0.250. The Bertz CT molecular complexity index is 819. The van der Waals surface area contributed by atoms with Gasteiger partial charge < -0.3 is 25.4 Å². The van der Waals surface area contributed by atoms with Crippen LogP contribution in [0, 0.1) is 0 Å². The maximum Gasteiger partial charge on any atom is 0.256 e. The molecule has 0 aliphatic carbocycles. The first-order valence-electron chi connectivity index (χ1n) is 8.55. The predicted molar refractivity (Wildman–Crippen MR) is 104 cm³/mol. The fourth-order valence-corrected chi connectivity index (χ4v) is 2.38. The molecule has 8 heteroatoms. The van der Waals surface area contributed by atoms with Crippen LogP contribution in [0.4, 0.5) is 5.69 Å². The summed E-state index contributed by atoms with van der Waals surface area (Å²) >= 11 is 0. The molecule has 3 N–H and O–H groups in total. The van der Waals surface area contributed by atoms with Gasteiger partial charge in [0.1, 0.15) is 11.5 Å². The predicted octanol–water partition coefficient (Wildman–Crippen LogP) is 1.46. The maximum absolute atomic E-state index is 12.5. The Balaban J connectivity index is 2.01. The molecule has 3 amide bonds. The Hall–Kier alpha value is -3.55. The van der Waals surface area contributed by atoms with Gasteiger partial charge in [0.15, 0.2) is 6.04 Å². The lowest BCUT2D eigenvalue weighted by Crippen LogP contribution is -2.52. The van der Waals surface area contributed by atoms with E-state index in [1.165, 1.54) is 14.0 Å². The van der Waals surface area contributed by atoms with Gasteiger partial charge in [-0.3, -0.25) is 14.4 Å². The number of nitrogens with one attached hydrogen (secondary N) is 3. The summed E-state index contributed by atoms with van der Waals surface area (Å²) in [6.07, 6.45) is 0. The number of amides is 3. The van der Waals surface area contributed by atoms with E-state index in [2.05, 4.69) is 16.0 Å². The topological polar surface area (TPSA) is 106 Å². The molecule has 0 spiro atoms. The molecule has 28 heavy (non-hydrogen) atoms. The Morgan fingerprint density at radius 1 is 0.857 bits per heavy atom. The van der Waals surface area contributed by atoms with Gasteiger partial charge in [-0.1, -0.05) is 12.1 Å². The summed E-state index contributed by atoms with van der Waals surface area (Å²) in [5, 5.41) is 7.63. The van der Waals surface area contributed by atoms with E-state index in [1.54, 1.807) is 55.6 Å². The van der Waals surface area contributed by atoms with E-state index in [1.807, 2.05) is 0 Å². The summed E-state index contributed by atoms with van der Waals surface area (Å²) in [6, 6.07) is 12.4. The Morgan fingerprint density at radius 3 is 1.89 bits per heavy atom. The van der Waals surface area contributed by atoms with E-state index < -0.39 is 23.8 Å². The summed E-state index contributed by atoms with van der Waals surface area (Å²) in [5.41, 5.74) is 1.30. The number of anilines is 1. The van der Waals surface area contributed by atoms with Crippen LogP contribution in [0.3, 0.4) is 0 Å². The number of benzene rings is 2. The first-order chi connectivity index (χ1) is 13.4. The van der Waals surface area contributed by atoms with Crippen LogP contribution in [0.5, 0.6) is 11.5 Å². The van der Waals surface area contributed by atoms with Crippen molar-refractivity contribution < 1.29 is 23.9 Å². The number of carbonyl (C=O) groups excluding carboxylic acids is 3. The van der Waals surface area contributed by atoms with Gasteiger partial charge in [0.25, 0.3) is 11.8 Å². The molecule has 0 saturated carbocycles. The second-order valence-corrected chi connectivity index (χ2v) is 5.92. The van der Waals surface area contributed by atoms with Crippen molar-refractivity contribution in [2.45, 2.75) is 19.5 Å². The normalized spacial score (nSPS) is 11.1. The van der Waals surface area contributed by atoms with E-state index in [0.29, 0.717) is 17.2 Å². The molecule has 0 heterocycles. The van der Waals surface area contributed by atoms with Crippen LogP contribution in [-0.4, -0.2) is 38.0 Å². The zero-order chi connectivity index (χ0) is 20.5. The highest BCUT2D eigenvalue weighted by atomic mass is 16.5. The van der Waals surface area contributed by atoms with Crippen LogP contribution < -0.4 is 25.4 Å². The van der Waals surface area contributed by atoms with E-state index in [4.69, 9.17) is 9.47 Å². The first-order valence-corrected chi connectivity index (χ1v) is 8.55. The molecule has 0 aliphatic rings. The highest BCUT2D eigenvalue weighted by Crippen LogP contribution is 2.15. The quantitative estimate of drug-likeness (QED) is 0.597. The smallest absolute Gasteiger partial charge is 0.256 e. The third-order valence-electron chi connectivity index (χ3n) is 3.86. The molecule has 0 radical (unpaired) electrons. The molecule has 148 valence electrons. The van der Waals surface area contributed by atoms with Gasteiger partial charge in [-0.2, -0.15) is 0 Å². The van der Waals surface area contributed by atoms with Crippen LogP contribution in [0.2, 0.25) is 0 Å². The molecule has 0 aliphatic heterocycles. The van der Waals surface area contributed by atoms with Gasteiger partial charge in [-0.25, -0.2) is 0 Å². The van der Waals surface area contributed by atoms with Gasteiger partial charge >= 0.3 is 0 Å². The minimum atomic E-state index is -1.36. The summed E-state index contributed by atoms with van der Waals surface area (Å²) in [4.78, 5) is 36.4. The standard InChI is InChI=1S/C20H23N3O5/c1-13(24)22-18(20(26)23-15-6-10-17(28-3)11-7-15)19(25)21-12-14-4-8-16(27-2)9-5-14/h4-11,18H,12H2,1-3H3,(H,21,25)(H,22,24)(H,23,26)/t18-/m0/s1. The number of rotatable bonds is 8. The lowest BCUT2D eigenvalue weighted by atomic mass is 10.2. The number of carbonyl (C=O) groups is 3. The summed E-state index contributed by atoms with van der Waals surface area (Å²) < 4.78 is 10.1. The second kappa shape index (κ2) is 9.96. The maximum atomic E-state index is 12.5. The van der Waals surface area contributed by atoms with Crippen molar-refractivity contribution in [2.75, 3.05) is 19.5 Å². The molecule has 2 rings (SSSR count). The number of hydrogen-bond acceptors (Lipinski definition) is 5. The van der Waals surface area contributed by atoms with Gasteiger partial charge in [-0.05, 0) is 42.0 Å². The van der Waals surface area contributed by atoms with Crippen LogP contribution in [0.1, 0.15) is 12.5 Å². The molecule has 0 bridgehead atoms. The van der Waals surface area contributed by atoms with Gasteiger partial charge in [0, 0.05) is 19.2 Å². The lowest BCUT2D eigenvalue weighted by Gasteiger charge is -2.17. The third kappa shape index (κ3) is 6.01. The SMILES string of the molecule is COc1ccc(CNC(=O)[C@H](NC(C)=O)C(=O)Nc2ccc(OC)cc2)cc1. The van der Waals surface area contributed by atoms with Crippen molar-refractivity contribution in [2.24, 2.45) is 0 Å². The Morgan fingerprint density at radius 2 is 1.39 bits per heavy atom. The largest absolute Gasteiger partial charge is 0.497 e. The van der Waals surface area contributed by atoms with Crippen LogP contribution in [0.25, 0.3) is 0 Å². The molecule has 8 nitrogen and oxygen atoms in total. The number of hydrogen-bond donors (Lipinski definition) is 3. The van der Waals surface area contributed by atoms with Crippen molar-refractivity contribution in [3.05, 3.63) is 54.1 Å². The minimum absolute atomic E-state index is 0.203. The van der Waals surface area contributed by atoms with Gasteiger partial charge in [0.2, 0.25) is 5.91 Å². The molecule has 1 atom stereocenters. The van der Waals surface area contributed by atoms with Crippen LogP contribution in [0.15, 0.2) is 48.5 Å². The van der Waals surface area contributed by atoms with E-state index in [-0.39, 0.29) is 6.54 Å². The first kappa shape index (κ1) is 20.8. The highest BCUT2D eigenvalue weighted by Gasteiger charge is 2.27. The van der Waals surface area contributed by atoms with Crippen LogP contribution in [-0.2, 0) is 20.9 Å². The average molecular weight is 385 g/mol. The van der Waals surface area contributed by atoms with E-state index in [0.717, 1.165) is 5.56 Å². The summed E-state index contributed by atoms with van der Waals surface area (Å²) in [5.74, 6) is -0.419. The Labute approximate surface area is 163 Å². The van der Waals surface area contributed by atoms with Crippen molar-refractivity contribution in [3.8, 4) is 11.5 Å². The molecule has 2 aromatic carbocycles. The molecule has 0 aromatic heterocycles. The van der Waals surface area contributed by atoms with Gasteiger partial charge in [0.05, 0.1) is 14.2 Å². The lowest BCUT2D eigenvalue weighted by molar-refractivity contribution is -0.134. The number of ether oxygens (including phenoxy) is 2. The number of methoxy groups -OCH3 is 2. The van der Waals surface area contributed by atoms with E-state index >= 15 is 0 Å². The molecule has 0 unspecified atom stereocenters. The second-order valence-electron chi connectivity index (χ2n) is 5.92. The molecular formula is C20H23N3O5. The van der Waals surface area contributed by atoms with Crippen molar-refractivity contribution in [1.82, 2.24) is 10.6 Å². The zero-order valence-corrected chi connectivity index (χ0v) is 15.9. The minimum Gasteiger partial charge on any atom is -0.497 e. The molecular weight excluding hydrogens is 362 g/mol. The summed E-state index contributed by atoms with van der Waals surface area (Å²) in [6.45, 7) is 1.44. The molecule has 0 saturated heterocycles. The van der Waals surface area contributed by atoms with Crippen molar-refractivity contribution in [1.29, 1.82) is 0 Å². The highest BCUT2D eigenvalue weighted by molar-refractivity contribution is 6.11. The zero-order valence-electron chi connectivity index (χ0n) is 15.9. The van der Waals surface area contributed by atoms with Crippen LogP contribution >= 0.6 is 0 Å². The van der Waals surface area contributed by atoms with Gasteiger partial charge in [-0.15, -0.1) is 0 Å². The van der Waals surface area contributed by atoms with Crippen molar-refractivity contribution in [3.63, 3.8) is 0 Å². The third-order valence-corrected chi connectivity index (χ3v) is 3.86.